The molecule has 4 N–H and O–H groups in total. The summed E-state index contributed by atoms with van der Waals surface area (Å²) in [5, 5.41) is 46.4. The number of allylic oxidation sites excluding steroid dienone is 6. The predicted octanol–water partition coefficient (Wildman–Crippen LogP) is 7.78. The van der Waals surface area contributed by atoms with Gasteiger partial charge in [0.2, 0.25) is 5.79 Å². The number of carbonyl (C=O) groups excluding carboxylic acids is 4. The number of methoxy groups -OCH3 is 4. The van der Waals surface area contributed by atoms with Gasteiger partial charge in [-0.25, -0.2) is 4.79 Å². The van der Waals surface area contributed by atoms with E-state index in [-0.39, 0.29) is 54.9 Å². The standard InChI is InChI=1S/C60H91NO15/c1-36-17-13-12-14-18-37(2)47(46-24-23-44(34-52(46)71-9)74-28-27-70-8)33-45-22-20-42(7)60(69,76-45)57(66)58(67)61-26-16-15-19-48(61)59(68)75-51(39(4)31-43-21-25-49(62)53(32-43)72-10)35-50(63)38(3)30-41(6)55(65)56(73-11)54(64)40(5)29-36/h12-14,17-18,23-24,30,34,36,38-40,42-43,45,47-51,53,55-56,62-63,65,69H,15-16,19-22,25-29,31-33,35H2,1-11H3/b14-12?,17-13+,37-18?,41-30+/t36-,38-,39-,40-,42-,43+,45+,47?,48+,49-,50?,51+,53-,55+,56+,60-/m1/s1. The molecule has 5 rings (SSSR count). The lowest BCUT2D eigenvalue weighted by molar-refractivity contribution is -0.264. The van der Waals surface area contributed by atoms with Crippen LogP contribution in [0.25, 0.3) is 0 Å². The third-order valence-electron chi connectivity index (χ3n) is 16.6. The van der Waals surface area contributed by atoms with Crippen LogP contribution < -0.4 is 9.47 Å². The fourth-order valence-electron chi connectivity index (χ4n) is 11.7. The number of nitrogens with zero attached hydrogens (tertiary/aromatic N) is 1. The van der Waals surface area contributed by atoms with Crippen LogP contribution in [0.15, 0.2) is 65.8 Å². The Balaban J connectivity index is 1.53. The molecule has 16 atom stereocenters. The molecular weight excluding hydrogens is 975 g/mol. The zero-order valence-corrected chi connectivity index (χ0v) is 47.2. The van der Waals surface area contributed by atoms with Gasteiger partial charge in [0.05, 0.1) is 38.1 Å². The molecule has 1 aromatic carbocycles. The number of aliphatic hydroxyl groups is 4. The third-order valence-corrected chi connectivity index (χ3v) is 16.6. The fraction of sp³-hybridized carbons (Fsp3) is 0.700. The Morgan fingerprint density at radius 3 is 2.26 bits per heavy atom. The molecule has 16 heteroatoms. The first-order chi connectivity index (χ1) is 36.2. The number of hydrogen-bond acceptors (Lipinski definition) is 15. The maximum Gasteiger partial charge on any atom is 0.329 e. The quantitative estimate of drug-likeness (QED) is 0.0720. The van der Waals surface area contributed by atoms with Crippen molar-refractivity contribution in [1.29, 1.82) is 0 Å². The second-order valence-corrected chi connectivity index (χ2v) is 22.4. The van der Waals surface area contributed by atoms with Crippen LogP contribution in [0.2, 0.25) is 0 Å². The molecule has 1 aromatic rings. The second-order valence-electron chi connectivity index (χ2n) is 22.4. The molecule has 2 bridgehead atoms. The highest BCUT2D eigenvalue weighted by atomic mass is 16.6. The Morgan fingerprint density at radius 2 is 1.57 bits per heavy atom. The molecule has 16 nitrogen and oxygen atoms in total. The fourth-order valence-corrected chi connectivity index (χ4v) is 11.7. The Labute approximate surface area is 452 Å². The normalized spacial score (nSPS) is 36.0. The molecule has 0 aromatic heterocycles. The van der Waals surface area contributed by atoms with Crippen LogP contribution in [0.1, 0.15) is 137 Å². The summed E-state index contributed by atoms with van der Waals surface area (Å²) in [5.41, 5.74) is 2.18. The summed E-state index contributed by atoms with van der Waals surface area (Å²) in [6.07, 6.45) is 11.0. The Morgan fingerprint density at radius 1 is 0.816 bits per heavy atom. The van der Waals surface area contributed by atoms with Crippen molar-refractivity contribution >= 4 is 23.4 Å². The topological polar surface area (TPSA) is 217 Å². The molecule has 4 aliphatic rings. The van der Waals surface area contributed by atoms with Gasteiger partial charge < -0.3 is 58.5 Å². The number of ether oxygens (including phenoxy) is 7. The zero-order chi connectivity index (χ0) is 55.9. The van der Waals surface area contributed by atoms with Gasteiger partial charge in [-0.1, -0.05) is 82.7 Å². The highest BCUT2D eigenvalue weighted by Crippen LogP contribution is 2.43. The van der Waals surface area contributed by atoms with Crippen molar-refractivity contribution in [3.8, 4) is 11.5 Å². The van der Waals surface area contributed by atoms with Gasteiger partial charge >= 0.3 is 5.97 Å². The summed E-state index contributed by atoms with van der Waals surface area (Å²) < 4.78 is 41.1. The Kier molecular flexibility index (Phi) is 24.4. The van der Waals surface area contributed by atoms with Crippen LogP contribution in [-0.2, 0) is 42.9 Å². The first-order valence-electron chi connectivity index (χ1n) is 27.8. The molecule has 2 unspecified atom stereocenters. The van der Waals surface area contributed by atoms with Crippen molar-refractivity contribution in [3.63, 3.8) is 0 Å². The predicted molar refractivity (Wildman–Crippen MR) is 288 cm³/mol. The van der Waals surface area contributed by atoms with E-state index in [1.165, 1.54) is 12.0 Å². The summed E-state index contributed by atoms with van der Waals surface area (Å²) in [7, 11) is 6.16. The van der Waals surface area contributed by atoms with Crippen molar-refractivity contribution in [2.24, 2.45) is 35.5 Å². The maximum atomic E-state index is 14.6. The molecule has 3 aliphatic heterocycles. The average molecular weight is 1070 g/mol. The molecule has 1 amide bonds. The van der Waals surface area contributed by atoms with Gasteiger partial charge in [-0.2, -0.15) is 0 Å². The molecule has 0 spiro atoms. The Bertz CT molecular complexity index is 2190. The van der Waals surface area contributed by atoms with Gasteiger partial charge in [-0.05, 0) is 114 Å². The van der Waals surface area contributed by atoms with Crippen molar-refractivity contribution in [3.05, 3.63) is 71.4 Å². The number of cyclic esters (lactones) is 1. The molecule has 0 radical (unpaired) electrons. The summed E-state index contributed by atoms with van der Waals surface area (Å²) in [4.78, 5) is 59.0. The van der Waals surface area contributed by atoms with Gasteiger partial charge in [0.25, 0.3) is 11.7 Å². The molecule has 1 aliphatic carbocycles. The van der Waals surface area contributed by atoms with Crippen molar-refractivity contribution < 1.29 is 72.8 Å². The molecule has 3 heterocycles. The van der Waals surface area contributed by atoms with Crippen LogP contribution in [-0.4, -0.2) is 152 Å². The number of benzene rings is 1. The van der Waals surface area contributed by atoms with Crippen LogP contribution in [0, 0.1) is 35.5 Å². The first-order valence-corrected chi connectivity index (χ1v) is 27.8. The van der Waals surface area contributed by atoms with Crippen LogP contribution in [0.5, 0.6) is 11.5 Å². The number of piperidine rings is 1. The third kappa shape index (κ3) is 16.4. The second kappa shape index (κ2) is 29.6. The number of fused-ring (bicyclic) bond motifs is 3. The Hall–Kier alpha value is -4.26. The van der Waals surface area contributed by atoms with Crippen LogP contribution in [0.4, 0.5) is 0 Å². The molecule has 3 fully saturated rings. The first kappa shape index (κ1) is 62.6. The minimum atomic E-state index is -2.49. The molecule has 76 heavy (non-hydrogen) atoms. The van der Waals surface area contributed by atoms with Crippen LogP contribution >= 0.6 is 0 Å². The van der Waals surface area contributed by atoms with E-state index in [9.17, 15) is 39.6 Å². The lowest BCUT2D eigenvalue weighted by Gasteiger charge is -2.43. The van der Waals surface area contributed by atoms with E-state index in [1.54, 1.807) is 48.2 Å². The molecule has 1 saturated carbocycles. The number of aliphatic hydroxyl groups excluding tert-OH is 3. The van der Waals surface area contributed by atoms with Gasteiger partial charge in [0, 0.05) is 69.6 Å². The van der Waals surface area contributed by atoms with Gasteiger partial charge in [-0.15, -0.1) is 0 Å². The number of Topliss-reactive ketones (excluding diaryl/α,β-unsaturated/α-hetero) is 2. The van der Waals surface area contributed by atoms with Gasteiger partial charge in [-0.3, -0.25) is 14.4 Å². The van der Waals surface area contributed by atoms with Gasteiger partial charge in [0.15, 0.2) is 5.78 Å². The number of rotatable bonds is 11. The summed E-state index contributed by atoms with van der Waals surface area (Å²) in [6.45, 7) is 13.8. The van der Waals surface area contributed by atoms with E-state index in [2.05, 4.69) is 0 Å². The lowest BCUT2D eigenvalue weighted by atomic mass is 9.78. The van der Waals surface area contributed by atoms with E-state index in [0.717, 1.165) is 17.6 Å². The van der Waals surface area contributed by atoms with Gasteiger partial charge in [0.1, 0.15) is 42.5 Å². The number of amides is 1. The monoisotopic (exact) mass is 1070 g/mol. The van der Waals surface area contributed by atoms with E-state index in [0.29, 0.717) is 88.1 Å². The highest BCUT2D eigenvalue weighted by molar-refractivity contribution is 6.39. The van der Waals surface area contributed by atoms with E-state index in [1.807, 2.05) is 76.3 Å². The summed E-state index contributed by atoms with van der Waals surface area (Å²) in [5.74, 6) is -6.79. The minimum Gasteiger partial charge on any atom is -0.496 e. The average Bonchev–Trinajstić information content (AvgIpc) is 3.40. The SMILES string of the molecule is COCCOc1ccc(C2C[C@@H]3CC[C@@H](C)[C@@](O)(O3)C(=O)C(=O)N3CCCC[C@H]3C(=O)O[C@H]([C@H](C)C[C@@H]3CC[C@@H](O)[C@H](OC)C3)CC(O)[C@H](C)/C=C(\C)[C@H](O)[C@@H](OC)C(=O)[C@H](C)C[C@H](C)/C=C/C=CC=C2C)c(OC)c1. The summed E-state index contributed by atoms with van der Waals surface area (Å²) in [6, 6.07) is 4.45. The zero-order valence-electron chi connectivity index (χ0n) is 47.2. The van der Waals surface area contributed by atoms with E-state index < -0.39 is 83.9 Å². The molecular formula is C60H91NO15. The van der Waals surface area contributed by atoms with E-state index >= 15 is 0 Å². The largest absolute Gasteiger partial charge is 0.496 e. The number of esters is 1. The van der Waals surface area contributed by atoms with Crippen molar-refractivity contribution in [1.82, 2.24) is 4.90 Å². The molecule has 426 valence electrons. The van der Waals surface area contributed by atoms with Crippen LogP contribution in [0.3, 0.4) is 0 Å². The number of carbonyl (C=O) groups is 4. The maximum absolute atomic E-state index is 14.6. The number of hydrogen-bond donors (Lipinski definition) is 4. The smallest absolute Gasteiger partial charge is 0.329 e. The van der Waals surface area contributed by atoms with Crippen molar-refractivity contribution in [2.75, 3.05) is 48.2 Å². The minimum absolute atomic E-state index is 0.00119. The van der Waals surface area contributed by atoms with E-state index in [4.69, 9.17) is 33.2 Å². The highest BCUT2D eigenvalue weighted by Gasteiger charge is 2.53. The molecule has 2 saturated heterocycles. The summed E-state index contributed by atoms with van der Waals surface area (Å²) >= 11 is 0. The number of ketones is 2. The lowest BCUT2D eigenvalue weighted by Crippen LogP contribution is -2.60. The van der Waals surface area contributed by atoms with Crippen molar-refractivity contribution in [2.45, 2.75) is 186 Å².